The van der Waals surface area contributed by atoms with Gasteiger partial charge >= 0.3 is 5.97 Å². The van der Waals surface area contributed by atoms with Crippen LogP contribution < -0.4 is 5.56 Å². The number of aryl methyl sites for hydroxylation is 1. The fourth-order valence-electron chi connectivity index (χ4n) is 3.68. The zero-order chi connectivity index (χ0) is 24.7. The van der Waals surface area contributed by atoms with Crippen molar-refractivity contribution < 1.29 is 19.4 Å². The molecule has 3 aromatic rings. The van der Waals surface area contributed by atoms with Crippen molar-refractivity contribution in [1.29, 1.82) is 0 Å². The van der Waals surface area contributed by atoms with Crippen LogP contribution in [0, 0.1) is 12.8 Å². The van der Waals surface area contributed by atoms with E-state index in [1.165, 1.54) is 11.3 Å². The second-order valence-electron chi connectivity index (χ2n) is 8.71. The molecule has 0 aliphatic rings. The summed E-state index contributed by atoms with van der Waals surface area (Å²) in [5, 5.41) is 11.0. The molecule has 8 nitrogen and oxygen atoms in total. The number of thiophene rings is 1. The molecule has 2 aromatic heterocycles. The van der Waals surface area contributed by atoms with Crippen LogP contribution in [0.15, 0.2) is 35.1 Å². The number of hydrogen-bond donors (Lipinski definition) is 2. The van der Waals surface area contributed by atoms with Crippen LogP contribution in [-0.4, -0.2) is 58.4 Å². The summed E-state index contributed by atoms with van der Waals surface area (Å²) in [6.07, 6.45) is -0.683. The monoisotopic (exact) mass is 487 g/mol. The fourth-order valence-corrected chi connectivity index (χ4v) is 4.78. The minimum atomic E-state index is -0.683. The molecular weight excluding hydrogens is 454 g/mol. The molecule has 0 saturated carbocycles. The summed E-state index contributed by atoms with van der Waals surface area (Å²) < 4.78 is 10.7. The molecule has 0 amide bonds. The third kappa shape index (κ3) is 6.96. The molecule has 3 rings (SSSR count). The maximum atomic E-state index is 12.9. The van der Waals surface area contributed by atoms with Crippen molar-refractivity contribution in [3.8, 4) is 0 Å². The average molecular weight is 488 g/mol. The number of benzene rings is 1. The van der Waals surface area contributed by atoms with Crippen LogP contribution in [0.1, 0.15) is 47.4 Å². The topological polar surface area (TPSA) is 105 Å². The molecule has 0 aliphatic heterocycles. The molecule has 1 aromatic carbocycles. The number of aliphatic hydroxyl groups is 1. The lowest BCUT2D eigenvalue weighted by atomic mass is 10.2. The second-order valence-corrected chi connectivity index (χ2v) is 9.71. The quantitative estimate of drug-likeness (QED) is 0.377. The summed E-state index contributed by atoms with van der Waals surface area (Å²) in [6.45, 7) is 9.93. The van der Waals surface area contributed by atoms with Crippen molar-refractivity contribution in [2.24, 2.45) is 5.92 Å². The lowest BCUT2D eigenvalue weighted by Gasteiger charge is -2.25. The van der Waals surface area contributed by atoms with Crippen LogP contribution in [0.4, 0.5) is 0 Å². The fraction of sp³-hybridized carbons (Fsp3) is 0.480. The van der Waals surface area contributed by atoms with Gasteiger partial charge in [0.25, 0.3) is 5.56 Å². The zero-order valence-corrected chi connectivity index (χ0v) is 21.0. The van der Waals surface area contributed by atoms with E-state index >= 15 is 0 Å². The number of rotatable bonds is 12. The maximum Gasteiger partial charge on any atom is 0.348 e. The van der Waals surface area contributed by atoms with Gasteiger partial charge in [-0.05, 0) is 30.9 Å². The van der Waals surface area contributed by atoms with Gasteiger partial charge in [-0.3, -0.25) is 9.69 Å². The number of esters is 1. The first-order valence-corrected chi connectivity index (χ1v) is 12.3. The number of aromatic nitrogens is 2. The smallest absolute Gasteiger partial charge is 0.348 e. The molecule has 2 heterocycles. The summed E-state index contributed by atoms with van der Waals surface area (Å²) in [7, 11) is 0. The van der Waals surface area contributed by atoms with Gasteiger partial charge in [0.05, 0.1) is 31.2 Å². The number of aromatic amines is 1. The molecular formula is C25H33N3O5S. The molecule has 0 bridgehead atoms. The van der Waals surface area contributed by atoms with Crippen molar-refractivity contribution in [2.45, 2.75) is 46.9 Å². The van der Waals surface area contributed by atoms with E-state index in [-0.39, 0.29) is 18.8 Å². The number of carbonyl (C=O) groups is 1. The first-order chi connectivity index (χ1) is 16.3. The van der Waals surface area contributed by atoms with Gasteiger partial charge in [-0.2, -0.15) is 0 Å². The van der Waals surface area contributed by atoms with Gasteiger partial charge in [0.15, 0.2) is 0 Å². The molecule has 9 heteroatoms. The number of fused-ring (bicyclic) bond motifs is 1. The standard InChI is InChI=1S/C25H33N3O5S/c1-5-33-25(31)22-17(4)21-23(30)26-20(27-24(21)34-22)13-28(11-18-9-7-6-8-10-18)12-19(29)15-32-14-16(2)3/h6-10,16,19,29H,5,11-15H2,1-4H3,(H,26,27,30)/t19-/m1/s1. The van der Waals surface area contributed by atoms with E-state index in [0.717, 1.165) is 5.56 Å². The van der Waals surface area contributed by atoms with Gasteiger partial charge in [-0.1, -0.05) is 44.2 Å². The van der Waals surface area contributed by atoms with Crippen LogP contribution in [0.2, 0.25) is 0 Å². The highest BCUT2D eigenvalue weighted by Crippen LogP contribution is 2.27. The van der Waals surface area contributed by atoms with Gasteiger partial charge < -0.3 is 19.6 Å². The van der Waals surface area contributed by atoms with Crippen molar-refractivity contribution in [3.63, 3.8) is 0 Å². The van der Waals surface area contributed by atoms with Gasteiger partial charge in [-0.25, -0.2) is 9.78 Å². The number of hydrogen-bond acceptors (Lipinski definition) is 8. The van der Waals surface area contributed by atoms with Crippen molar-refractivity contribution in [2.75, 3.05) is 26.4 Å². The lowest BCUT2D eigenvalue weighted by molar-refractivity contribution is 0.00517. The van der Waals surface area contributed by atoms with E-state index < -0.39 is 12.1 Å². The Hall–Kier alpha value is -2.59. The average Bonchev–Trinajstić information content (AvgIpc) is 3.11. The first-order valence-electron chi connectivity index (χ1n) is 11.5. The Morgan fingerprint density at radius 1 is 1.21 bits per heavy atom. The van der Waals surface area contributed by atoms with Crippen molar-refractivity contribution in [1.82, 2.24) is 14.9 Å². The predicted molar refractivity (Wildman–Crippen MR) is 133 cm³/mol. The summed E-state index contributed by atoms with van der Waals surface area (Å²) in [5.74, 6) is 0.418. The molecule has 34 heavy (non-hydrogen) atoms. The Labute approximate surface area is 203 Å². The molecule has 2 N–H and O–H groups in total. The highest BCUT2D eigenvalue weighted by molar-refractivity contribution is 7.20. The van der Waals surface area contributed by atoms with Gasteiger partial charge in [0.1, 0.15) is 15.5 Å². The second kappa shape index (κ2) is 12.2. The highest BCUT2D eigenvalue weighted by Gasteiger charge is 2.21. The highest BCUT2D eigenvalue weighted by atomic mass is 32.1. The number of ether oxygens (including phenoxy) is 2. The molecule has 0 fully saturated rings. The molecule has 184 valence electrons. The normalized spacial score (nSPS) is 12.6. The van der Waals surface area contributed by atoms with Crippen LogP contribution in [0.3, 0.4) is 0 Å². The van der Waals surface area contributed by atoms with Crippen molar-refractivity contribution in [3.05, 3.63) is 62.5 Å². The van der Waals surface area contributed by atoms with Crippen LogP contribution in [0.5, 0.6) is 0 Å². The Morgan fingerprint density at radius 2 is 1.94 bits per heavy atom. The van der Waals surface area contributed by atoms with E-state index in [9.17, 15) is 14.7 Å². The van der Waals surface area contributed by atoms with E-state index in [1.807, 2.05) is 35.2 Å². The van der Waals surface area contributed by atoms with E-state index in [2.05, 4.69) is 23.8 Å². The Kier molecular flexibility index (Phi) is 9.35. The summed E-state index contributed by atoms with van der Waals surface area (Å²) in [5.41, 5.74) is 1.38. The summed E-state index contributed by atoms with van der Waals surface area (Å²) >= 11 is 1.17. The number of nitrogens with zero attached hydrogens (tertiary/aromatic N) is 2. The molecule has 0 spiro atoms. The predicted octanol–water partition coefficient (Wildman–Crippen LogP) is 3.51. The zero-order valence-electron chi connectivity index (χ0n) is 20.2. The minimum absolute atomic E-state index is 0.236. The molecule has 0 saturated heterocycles. The Morgan fingerprint density at radius 3 is 2.62 bits per heavy atom. The summed E-state index contributed by atoms with van der Waals surface area (Å²) in [4.78, 5) is 35.5. The largest absolute Gasteiger partial charge is 0.462 e. The first kappa shape index (κ1) is 26.0. The molecule has 0 radical (unpaired) electrons. The number of nitrogens with one attached hydrogen (secondary N) is 1. The molecule has 0 unspecified atom stereocenters. The minimum Gasteiger partial charge on any atom is -0.462 e. The van der Waals surface area contributed by atoms with Crippen molar-refractivity contribution >= 4 is 27.5 Å². The Balaban J connectivity index is 1.83. The third-order valence-corrected chi connectivity index (χ3v) is 6.33. The lowest BCUT2D eigenvalue weighted by Crippen LogP contribution is -2.35. The van der Waals surface area contributed by atoms with Crippen LogP contribution in [0.25, 0.3) is 10.2 Å². The molecule has 0 aliphatic carbocycles. The van der Waals surface area contributed by atoms with Gasteiger partial charge in [0.2, 0.25) is 0 Å². The number of aliphatic hydroxyl groups excluding tert-OH is 1. The van der Waals surface area contributed by atoms with Gasteiger partial charge in [-0.15, -0.1) is 11.3 Å². The van der Waals surface area contributed by atoms with Crippen LogP contribution in [-0.2, 0) is 22.6 Å². The van der Waals surface area contributed by atoms with Gasteiger partial charge in [0, 0.05) is 19.7 Å². The van der Waals surface area contributed by atoms with Crippen LogP contribution >= 0.6 is 11.3 Å². The number of carbonyl (C=O) groups excluding carboxylic acids is 1. The van der Waals surface area contributed by atoms with E-state index in [4.69, 9.17) is 9.47 Å². The summed E-state index contributed by atoms with van der Waals surface area (Å²) in [6, 6.07) is 9.92. The van der Waals surface area contributed by atoms with E-state index in [1.54, 1.807) is 13.8 Å². The van der Waals surface area contributed by atoms with E-state index in [0.29, 0.717) is 58.6 Å². The SMILES string of the molecule is CCOC(=O)c1sc2nc(CN(Cc3ccccc3)C[C@@H](O)COCC(C)C)[nH]c(=O)c2c1C. The third-order valence-electron chi connectivity index (χ3n) is 5.16. The number of H-pyrrole nitrogens is 1. The Bertz CT molecular complexity index is 1140. The molecule has 1 atom stereocenters. The maximum absolute atomic E-state index is 12.9.